The molecule has 1 amide bonds. The van der Waals surface area contributed by atoms with Crippen molar-refractivity contribution >= 4 is 17.7 Å². The molecule has 0 aliphatic rings. The standard InChI is InChI=1S/C14H17NO4/c1-8(2)12(16)11(14(18)19)15-13(17)10-6-4-9(3)5-7-10/h4-8,11H,1-3H3,(H,15,17)(H,18,19). The van der Waals surface area contributed by atoms with Crippen LogP contribution in [0.1, 0.15) is 29.8 Å². The quantitative estimate of drug-likeness (QED) is 0.787. The van der Waals surface area contributed by atoms with Gasteiger partial charge in [-0.15, -0.1) is 0 Å². The fourth-order valence-electron chi connectivity index (χ4n) is 1.51. The molecule has 0 fully saturated rings. The van der Waals surface area contributed by atoms with Crippen LogP contribution in [-0.2, 0) is 9.59 Å². The van der Waals surface area contributed by atoms with Gasteiger partial charge in [0, 0.05) is 11.5 Å². The minimum atomic E-state index is -1.51. The number of nitrogens with one attached hydrogen (secondary N) is 1. The molecular formula is C14H17NO4. The Morgan fingerprint density at radius 3 is 2.05 bits per heavy atom. The molecule has 0 aromatic heterocycles. The Morgan fingerprint density at radius 2 is 1.63 bits per heavy atom. The van der Waals surface area contributed by atoms with Crippen molar-refractivity contribution in [2.45, 2.75) is 26.8 Å². The van der Waals surface area contributed by atoms with Gasteiger partial charge in [-0.1, -0.05) is 31.5 Å². The van der Waals surface area contributed by atoms with Crippen LogP contribution in [0.4, 0.5) is 0 Å². The van der Waals surface area contributed by atoms with Gasteiger partial charge in [0.15, 0.2) is 11.8 Å². The van der Waals surface area contributed by atoms with Crippen molar-refractivity contribution in [3.8, 4) is 0 Å². The van der Waals surface area contributed by atoms with Crippen molar-refractivity contribution in [2.75, 3.05) is 0 Å². The minimum absolute atomic E-state index is 0.327. The summed E-state index contributed by atoms with van der Waals surface area (Å²) in [6, 6.07) is 5.16. The zero-order valence-corrected chi connectivity index (χ0v) is 11.1. The summed E-state index contributed by atoms with van der Waals surface area (Å²) in [5, 5.41) is 11.2. The van der Waals surface area contributed by atoms with E-state index in [2.05, 4.69) is 5.32 Å². The highest BCUT2D eigenvalue weighted by atomic mass is 16.4. The van der Waals surface area contributed by atoms with Gasteiger partial charge in [-0.25, -0.2) is 4.79 Å². The fraction of sp³-hybridized carbons (Fsp3) is 0.357. The normalized spacial score (nSPS) is 12.0. The van der Waals surface area contributed by atoms with Gasteiger partial charge in [-0.2, -0.15) is 0 Å². The maximum Gasteiger partial charge on any atom is 0.334 e. The van der Waals surface area contributed by atoms with Crippen LogP contribution in [0.15, 0.2) is 24.3 Å². The molecule has 0 aliphatic carbocycles. The van der Waals surface area contributed by atoms with E-state index in [0.29, 0.717) is 5.56 Å². The van der Waals surface area contributed by atoms with Gasteiger partial charge in [0.05, 0.1) is 0 Å². The summed E-state index contributed by atoms with van der Waals surface area (Å²) in [7, 11) is 0. The lowest BCUT2D eigenvalue weighted by atomic mass is 10.0. The fourth-order valence-corrected chi connectivity index (χ4v) is 1.51. The lowest BCUT2D eigenvalue weighted by Gasteiger charge is -2.15. The Morgan fingerprint density at radius 1 is 1.11 bits per heavy atom. The minimum Gasteiger partial charge on any atom is -0.479 e. The molecule has 1 aromatic carbocycles. The molecule has 0 spiro atoms. The molecule has 1 unspecified atom stereocenters. The lowest BCUT2D eigenvalue weighted by Crippen LogP contribution is -2.48. The molecule has 102 valence electrons. The number of carboxylic acids is 1. The highest BCUT2D eigenvalue weighted by molar-refractivity contribution is 6.08. The third kappa shape index (κ3) is 3.91. The predicted molar refractivity (Wildman–Crippen MR) is 69.9 cm³/mol. The molecule has 1 rings (SSSR count). The Balaban J connectivity index is 2.85. The number of hydrogen-bond acceptors (Lipinski definition) is 3. The first-order valence-corrected chi connectivity index (χ1v) is 5.97. The number of carbonyl (C=O) groups is 3. The third-order valence-corrected chi connectivity index (χ3v) is 2.69. The number of aryl methyl sites for hydroxylation is 1. The average molecular weight is 263 g/mol. The van der Waals surface area contributed by atoms with E-state index in [-0.39, 0.29) is 0 Å². The number of amides is 1. The Labute approximate surface area is 111 Å². The molecule has 0 saturated heterocycles. The number of benzene rings is 1. The molecule has 1 atom stereocenters. The summed E-state index contributed by atoms with van der Waals surface area (Å²) < 4.78 is 0. The molecule has 0 saturated carbocycles. The summed E-state index contributed by atoms with van der Waals surface area (Å²) in [6.07, 6.45) is 0. The number of carbonyl (C=O) groups excluding carboxylic acids is 2. The topological polar surface area (TPSA) is 83.5 Å². The number of aliphatic carboxylic acids is 1. The van der Waals surface area contributed by atoms with Gasteiger partial charge < -0.3 is 10.4 Å². The second kappa shape index (κ2) is 6.13. The molecule has 0 aliphatic heterocycles. The van der Waals surface area contributed by atoms with Gasteiger partial charge in [-0.05, 0) is 19.1 Å². The van der Waals surface area contributed by atoms with Crippen molar-refractivity contribution in [3.63, 3.8) is 0 Å². The van der Waals surface area contributed by atoms with Crippen LogP contribution in [0.5, 0.6) is 0 Å². The van der Waals surface area contributed by atoms with Gasteiger partial charge in [-0.3, -0.25) is 9.59 Å². The van der Waals surface area contributed by atoms with Crippen LogP contribution >= 0.6 is 0 Å². The van der Waals surface area contributed by atoms with Crippen LogP contribution in [0, 0.1) is 12.8 Å². The van der Waals surface area contributed by atoms with Crippen molar-refractivity contribution in [3.05, 3.63) is 35.4 Å². The first-order chi connectivity index (χ1) is 8.82. The summed E-state index contributed by atoms with van der Waals surface area (Å²) >= 11 is 0. The van der Waals surface area contributed by atoms with Crippen molar-refractivity contribution in [1.82, 2.24) is 5.32 Å². The largest absolute Gasteiger partial charge is 0.479 e. The zero-order chi connectivity index (χ0) is 14.6. The Kier molecular flexibility index (Phi) is 4.80. The first-order valence-electron chi connectivity index (χ1n) is 5.97. The highest BCUT2D eigenvalue weighted by Crippen LogP contribution is 2.05. The van der Waals surface area contributed by atoms with Crippen molar-refractivity contribution in [2.24, 2.45) is 5.92 Å². The van der Waals surface area contributed by atoms with Gasteiger partial charge in [0.2, 0.25) is 0 Å². The van der Waals surface area contributed by atoms with E-state index in [0.717, 1.165) is 5.56 Å². The molecular weight excluding hydrogens is 246 g/mol. The number of rotatable bonds is 5. The van der Waals surface area contributed by atoms with Gasteiger partial charge >= 0.3 is 5.97 Å². The Bertz CT molecular complexity index is 491. The molecule has 1 aromatic rings. The maximum atomic E-state index is 11.9. The van der Waals surface area contributed by atoms with Crippen LogP contribution in [0.25, 0.3) is 0 Å². The second-order valence-corrected chi connectivity index (χ2v) is 4.67. The van der Waals surface area contributed by atoms with E-state index < -0.39 is 29.6 Å². The van der Waals surface area contributed by atoms with E-state index >= 15 is 0 Å². The SMILES string of the molecule is Cc1ccc(C(=O)NC(C(=O)O)C(=O)C(C)C)cc1. The van der Waals surface area contributed by atoms with Crippen LogP contribution in [0.3, 0.4) is 0 Å². The number of Topliss-reactive ketones (excluding diaryl/α,β-unsaturated/α-hetero) is 1. The van der Waals surface area contributed by atoms with E-state index in [4.69, 9.17) is 5.11 Å². The number of hydrogen-bond donors (Lipinski definition) is 2. The monoisotopic (exact) mass is 263 g/mol. The molecule has 5 nitrogen and oxygen atoms in total. The zero-order valence-electron chi connectivity index (χ0n) is 11.1. The van der Waals surface area contributed by atoms with Gasteiger partial charge in [0.25, 0.3) is 5.91 Å². The van der Waals surface area contributed by atoms with Crippen LogP contribution in [0.2, 0.25) is 0 Å². The summed E-state index contributed by atoms with van der Waals surface area (Å²) in [4.78, 5) is 34.6. The summed E-state index contributed by atoms with van der Waals surface area (Å²) in [5.74, 6) is -2.90. The van der Waals surface area contributed by atoms with Gasteiger partial charge in [0.1, 0.15) is 0 Å². The van der Waals surface area contributed by atoms with E-state index in [9.17, 15) is 14.4 Å². The molecule has 5 heteroatoms. The summed E-state index contributed by atoms with van der Waals surface area (Å²) in [5.41, 5.74) is 1.32. The molecule has 19 heavy (non-hydrogen) atoms. The van der Waals surface area contributed by atoms with Crippen molar-refractivity contribution in [1.29, 1.82) is 0 Å². The van der Waals surface area contributed by atoms with Crippen molar-refractivity contribution < 1.29 is 19.5 Å². The third-order valence-electron chi connectivity index (χ3n) is 2.69. The molecule has 2 N–H and O–H groups in total. The Hall–Kier alpha value is -2.17. The average Bonchev–Trinajstić information content (AvgIpc) is 2.35. The van der Waals surface area contributed by atoms with E-state index in [1.54, 1.807) is 38.1 Å². The predicted octanol–water partition coefficient (Wildman–Crippen LogP) is 1.40. The number of carboxylic acid groups (broad SMARTS) is 1. The van der Waals surface area contributed by atoms with Crippen LogP contribution in [-0.4, -0.2) is 28.8 Å². The second-order valence-electron chi connectivity index (χ2n) is 4.67. The lowest BCUT2D eigenvalue weighted by molar-refractivity contribution is -0.144. The first kappa shape index (κ1) is 14.9. The smallest absolute Gasteiger partial charge is 0.334 e. The molecule has 0 radical (unpaired) electrons. The number of ketones is 1. The van der Waals surface area contributed by atoms with Crippen LogP contribution < -0.4 is 5.32 Å². The van der Waals surface area contributed by atoms with E-state index in [1.807, 2.05) is 6.92 Å². The highest BCUT2D eigenvalue weighted by Gasteiger charge is 2.29. The molecule has 0 bridgehead atoms. The summed E-state index contributed by atoms with van der Waals surface area (Å²) in [6.45, 7) is 5.07. The molecule has 0 heterocycles. The maximum absolute atomic E-state index is 11.9. The van der Waals surface area contributed by atoms with E-state index in [1.165, 1.54) is 0 Å².